The molecule has 2 aromatic heterocycles. The highest BCUT2D eigenvalue weighted by molar-refractivity contribution is 9.10. The van der Waals surface area contributed by atoms with Crippen molar-refractivity contribution in [2.24, 2.45) is 7.05 Å². The van der Waals surface area contributed by atoms with Crippen LogP contribution >= 0.6 is 15.9 Å². The number of nitrogens with one attached hydrogen (secondary N) is 2. The summed E-state index contributed by atoms with van der Waals surface area (Å²) < 4.78 is 4.16. The van der Waals surface area contributed by atoms with Crippen molar-refractivity contribution in [3.05, 3.63) is 43.9 Å². The molecule has 126 valence electrons. The van der Waals surface area contributed by atoms with Gasteiger partial charge in [-0.2, -0.15) is 5.10 Å². The molecule has 2 aliphatic rings. The van der Waals surface area contributed by atoms with Crippen molar-refractivity contribution >= 4 is 27.7 Å². The van der Waals surface area contributed by atoms with Crippen LogP contribution in [-0.4, -0.2) is 26.8 Å². The van der Waals surface area contributed by atoms with E-state index in [2.05, 4.69) is 31.7 Å². The summed E-state index contributed by atoms with van der Waals surface area (Å²) in [6.07, 6.45) is 4.53. The number of nitrogens with zero attached hydrogens (tertiary/aromatic N) is 3. The average Bonchev–Trinajstić information content (AvgIpc) is 3.36. The Labute approximate surface area is 147 Å². The van der Waals surface area contributed by atoms with E-state index in [1.165, 1.54) is 0 Å². The quantitative estimate of drug-likeness (QED) is 0.831. The number of hydrogen-bond donors (Lipinski definition) is 2. The third kappa shape index (κ3) is 2.69. The van der Waals surface area contributed by atoms with Crippen LogP contribution in [-0.2, 0) is 20.0 Å². The number of carbonyl (C=O) groups is 1. The predicted octanol–water partition coefficient (Wildman–Crippen LogP) is 1.58. The fourth-order valence-corrected chi connectivity index (χ4v) is 3.59. The van der Waals surface area contributed by atoms with Crippen molar-refractivity contribution in [2.45, 2.75) is 31.8 Å². The second-order valence-electron chi connectivity index (χ2n) is 6.29. The Morgan fingerprint density at radius 2 is 2.25 bits per heavy atom. The summed E-state index contributed by atoms with van der Waals surface area (Å²) in [5, 5.41) is 10.5. The van der Waals surface area contributed by atoms with Gasteiger partial charge in [0.1, 0.15) is 5.56 Å². The van der Waals surface area contributed by atoms with Gasteiger partial charge in [0.2, 0.25) is 0 Å². The van der Waals surface area contributed by atoms with E-state index in [0.717, 1.165) is 48.1 Å². The fourth-order valence-electron chi connectivity index (χ4n) is 3.14. The highest BCUT2D eigenvalue weighted by Crippen LogP contribution is 2.34. The number of halogens is 1. The van der Waals surface area contributed by atoms with Gasteiger partial charge in [-0.1, -0.05) is 0 Å². The molecule has 2 aromatic rings. The highest BCUT2D eigenvalue weighted by atomic mass is 79.9. The minimum Gasteiger partial charge on any atom is -0.311 e. The zero-order chi connectivity index (χ0) is 16.8. The Bertz CT molecular complexity index is 881. The summed E-state index contributed by atoms with van der Waals surface area (Å²) >= 11 is 3.39. The standard InChI is InChI=1S/C16H18BrN5O2/c1-21-13-7-18-5-4-11(13)14(20-21)19-15(23)12-6-9(17)8-22(16(12)24)10-2-3-10/h6,8,10,18H,2-5,7H2,1H3,(H,19,20,23). The van der Waals surface area contributed by atoms with E-state index in [4.69, 9.17) is 0 Å². The van der Waals surface area contributed by atoms with Crippen LogP contribution in [0.4, 0.5) is 5.82 Å². The predicted molar refractivity (Wildman–Crippen MR) is 93.2 cm³/mol. The fraction of sp³-hybridized carbons (Fsp3) is 0.438. The molecular weight excluding hydrogens is 374 g/mol. The zero-order valence-corrected chi connectivity index (χ0v) is 14.9. The maximum Gasteiger partial charge on any atom is 0.263 e. The third-order valence-corrected chi connectivity index (χ3v) is 4.98. The molecule has 3 heterocycles. The normalized spacial score (nSPS) is 16.8. The van der Waals surface area contributed by atoms with Crippen LogP contribution in [0.3, 0.4) is 0 Å². The van der Waals surface area contributed by atoms with Crippen LogP contribution in [0.1, 0.15) is 40.5 Å². The minimum atomic E-state index is -0.407. The third-order valence-electron chi connectivity index (χ3n) is 4.55. The van der Waals surface area contributed by atoms with Crippen molar-refractivity contribution in [1.82, 2.24) is 19.7 Å². The molecule has 1 fully saturated rings. The summed E-state index contributed by atoms with van der Waals surface area (Å²) in [5.74, 6) is 0.145. The number of aromatic nitrogens is 3. The van der Waals surface area contributed by atoms with Gasteiger partial charge in [-0.25, -0.2) is 0 Å². The lowest BCUT2D eigenvalue weighted by atomic mass is 10.1. The molecule has 24 heavy (non-hydrogen) atoms. The molecule has 1 aliphatic heterocycles. The number of anilines is 1. The highest BCUT2D eigenvalue weighted by Gasteiger charge is 2.27. The van der Waals surface area contributed by atoms with Crippen LogP contribution in [0.15, 0.2) is 21.5 Å². The van der Waals surface area contributed by atoms with Gasteiger partial charge < -0.3 is 15.2 Å². The maximum atomic E-state index is 12.7. The first-order valence-corrected chi connectivity index (χ1v) is 8.82. The SMILES string of the molecule is Cn1nc(NC(=O)c2cc(Br)cn(C3CC3)c2=O)c2c1CNCC2. The lowest BCUT2D eigenvalue weighted by molar-refractivity contribution is 0.102. The molecule has 0 radical (unpaired) electrons. The van der Waals surface area contributed by atoms with E-state index in [0.29, 0.717) is 5.82 Å². The molecule has 4 rings (SSSR count). The zero-order valence-electron chi connectivity index (χ0n) is 13.3. The topological polar surface area (TPSA) is 81.0 Å². The molecule has 0 bridgehead atoms. The molecule has 0 spiro atoms. The van der Waals surface area contributed by atoms with E-state index in [1.54, 1.807) is 21.5 Å². The summed E-state index contributed by atoms with van der Waals surface area (Å²) in [6.45, 7) is 1.59. The Kier molecular flexibility index (Phi) is 3.80. The first-order valence-electron chi connectivity index (χ1n) is 8.03. The molecule has 1 aliphatic carbocycles. The van der Waals surface area contributed by atoms with Gasteiger partial charge in [0.15, 0.2) is 5.82 Å². The monoisotopic (exact) mass is 391 g/mol. The maximum absolute atomic E-state index is 12.7. The number of fused-ring (bicyclic) bond motifs is 1. The van der Waals surface area contributed by atoms with Gasteiger partial charge in [0.05, 0.1) is 5.69 Å². The van der Waals surface area contributed by atoms with Crippen LogP contribution in [0.5, 0.6) is 0 Å². The molecule has 8 heteroatoms. The van der Waals surface area contributed by atoms with Gasteiger partial charge in [0, 0.05) is 35.9 Å². The van der Waals surface area contributed by atoms with Crippen molar-refractivity contribution in [3.8, 4) is 0 Å². The average molecular weight is 392 g/mol. The summed E-state index contributed by atoms with van der Waals surface area (Å²) in [4.78, 5) is 25.2. The summed E-state index contributed by atoms with van der Waals surface area (Å²) in [5.41, 5.74) is 2.01. The molecule has 1 saturated carbocycles. The van der Waals surface area contributed by atoms with E-state index in [-0.39, 0.29) is 17.2 Å². The number of hydrogen-bond acceptors (Lipinski definition) is 4. The molecule has 0 atom stereocenters. The van der Waals surface area contributed by atoms with Gasteiger partial charge >= 0.3 is 0 Å². The lowest BCUT2D eigenvalue weighted by Crippen LogP contribution is -2.29. The second-order valence-corrected chi connectivity index (χ2v) is 7.21. The number of aryl methyl sites for hydroxylation is 1. The molecule has 2 N–H and O–H groups in total. The largest absolute Gasteiger partial charge is 0.311 e. The van der Waals surface area contributed by atoms with Crippen LogP contribution in [0.2, 0.25) is 0 Å². The second kappa shape index (κ2) is 5.86. The molecule has 1 amide bonds. The van der Waals surface area contributed by atoms with Gasteiger partial charge in [0.25, 0.3) is 11.5 Å². The molecule has 0 aromatic carbocycles. The van der Waals surface area contributed by atoms with Crippen molar-refractivity contribution in [2.75, 3.05) is 11.9 Å². The number of rotatable bonds is 3. The number of pyridine rings is 1. The Morgan fingerprint density at radius 3 is 3.00 bits per heavy atom. The summed E-state index contributed by atoms with van der Waals surface area (Å²) in [7, 11) is 1.86. The van der Waals surface area contributed by atoms with E-state index in [1.807, 2.05) is 7.05 Å². The van der Waals surface area contributed by atoms with Crippen molar-refractivity contribution in [1.29, 1.82) is 0 Å². The first-order chi connectivity index (χ1) is 11.5. The Balaban J connectivity index is 1.67. The molecular formula is C16H18BrN5O2. The van der Waals surface area contributed by atoms with Crippen molar-refractivity contribution < 1.29 is 4.79 Å². The Morgan fingerprint density at radius 1 is 1.46 bits per heavy atom. The smallest absolute Gasteiger partial charge is 0.263 e. The van der Waals surface area contributed by atoms with Crippen LogP contribution in [0.25, 0.3) is 0 Å². The van der Waals surface area contributed by atoms with Crippen LogP contribution < -0.4 is 16.2 Å². The molecule has 0 saturated heterocycles. The van der Waals surface area contributed by atoms with E-state index in [9.17, 15) is 9.59 Å². The molecule has 0 unspecified atom stereocenters. The Hall–Kier alpha value is -1.93. The number of carbonyl (C=O) groups excluding carboxylic acids is 1. The lowest BCUT2D eigenvalue weighted by Gasteiger charge is -2.14. The van der Waals surface area contributed by atoms with Crippen LogP contribution in [0, 0.1) is 0 Å². The van der Waals surface area contributed by atoms with Crippen molar-refractivity contribution in [3.63, 3.8) is 0 Å². The first kappa shape index (κ1) is 15.6. The van der Waals surface area contributed by atoms with Gasteiger partial charge in [-0.15, -0.1) is 0 Å². The van der Waals surface area contributed by atoms with Gasteiger partial charge in [-0.3, -0.25) is 14.3 Å². The molecule has 7 nitrogen and oxygen atoms in total. The van der Waals surface area contributed by atoms with E-state index < -0.39 is 5.91 Å². The summed E-state index contributed by atoms with van der Waals surface area (Å²) in [6, 6.07) is 1.79. The minimum absolute atomic E-state index is 0.143. The van der Waals surface area contributed by atoms with E-state index >= 15 is 0 Å². The number of amides is 1. The van der Waals surface area contributed by atoms with Gasteiger partial charge in [-0.05, 0) is 47.8 Å².